The molecule has 2 N–H and O–H groups in total. The third-order valence-corrected chi connectivity index (χ3v) is 3.57. The van der Waals surface area contributed by atoms with Gasteiger partial charge in [-0.05, 0) is 49.1 Å². The van der Waals surface area contributed by atoms with E-state index in [4.69, 9.17) is 10.5 Å². The minimum Gasteiger partial charge on any atom is -0.484 e. The lowest BCUT2D eigenvalue weighted by Gasteiger charge is -2.24. The number of hydrogen-bond acceptors (Lipinski definition) is 2. The van der Waals surface area contributed by atoms with Crippen LogP contribution in [0.1, 0.15) is 36.6 Å². The molecule has 0 fully saturated rings. The van der Waals surface area contributed by atoms with Crippen LogP contribution >= 0.6 is 0 Å². The summed E-state index contributed by atoms with van der Waals surface area (Å²) in [7, 11) is 0. The average molecular weight is 269 g/mol. The Morgan fingerprint density at radius 2 is 1.70 bits per heavy atom. The van der Waals surface area contributed by atoms with E-state index in [1.165, 1.54) is 11.1 Å². The Bertz CT molecular complexity index is 546. The summed E-state index contributed by atoms with van der Waals surface area (Å²) in [5.74, 6) is 0.868. The molecule has 2 nitrogen and oxygen atoms in total. The molecule has 106 valence electrons. The molecule has 0 aromatic heterocycles. The van der Waals surface area contributed by atoms with Crippen LogP contribution in [0.2, 0.25) is 0 Å². The molecule has 0 aliphatic heterocycles. The van der Waals surface area contributed by atoms with Crippen molar-refractivity contribution in [3.05, 3.63) is 65.2 Å². The Labute approximate surface area is 121 Å². The highest BCUT2D eigenvalue weighted by Gasteiger charge is 2.19. The molecule has 0 bridgehead atoms. The van der Waals surface area contributed by atoms with Crippen LogP contribution in [0.4, 0.5) is 0 Å². The van der Waals surface area contributed by atoms with Gasteiger partial charge in [0.2, 0.25) is 0 Å². The van der Waals surface area contributed by atoms with E-state index in [9.17, 15) is 0 Å². The van der Waals surface area contributed by atoms with Gasteiger partial charge in [0.25, 0.3) is 0 Å². The van der Waals surface area contributed by atoms with Crippen molar-refractivity contribution in [2.45, 2.75) is 39.3 Å². The van der Waals surface area contributed by atoms with E-state index in [-0.39, 0.29) is 12.1 Å². The highest BCUT2D eigenvalue weighted by molar-refractivity contribution is 5.32. The summed E-state index contributed by atoms with van der Waals surface area (Å²) < 4.78 is 6.12. The summed E-state index contributed by atoms with van der Waals surface area (Å²) in [6, 6.07) is 16.4. The van der Waals surface area contributed by atoms with Crippen LogP contribution in [0.5, 0.6) is 5.75 Å². The van der Waals surface area contributed by atoms with Crippen LogP contribution in [0, 0.1) is 6.92 Å². The van der Waals surface area contributed by atoms with Gasteiger partial charge in [0.15, 0.2) is 0 Å². The van der Waals surface area contributed by atoms with Crippen molar-refractivity contribution in [1.29, 1.82) is 0 Å². The second kappa shape index (κ2) is 6.58. The number of hydrogen-bond donors (Lipinski definition) is 1. The Balaban J connectivity index is 2.23. The van der Waals surface area contributed by atoms with Crippen LogP contribution < -0.4 is 10.5 Å². The first kappa shape index (κ1) is 14.6. The Hall–Kier alpha value is -1.80. The minimum absolute atomic E-state index is 0.0676. The van der Waals surface area contributed by atoms with Crippen molar-refractivity contribution in [3.8, 4) is 5.75 Å². The molecule has 2 heteroatoms. The van der Waals surface area contributed by atoms with Gasteiger partial charge in [-0.2, -0.15) is 0 Å². The maximum Gasteiger partial charge on any atom is 0.139 e. The molecule has 2 aromatic rings. The molecule has 2 unspecified atom stereocenters. The summed E-state index contributed by atoms with van der Waals surface area (Å²) in [6.07, 6.45) is 0.915. The zero-order valence-electron chi connectivity index (χ0n) is 12.5. The molecule has 0 aliphatic carbocycles. The molecule has 2 rings (SSSR count). The van der Waals surface area contributed by atoms with Gasteiger partial charge in [0, 0.05) is 6.04 Å². The van der Waals surface area contributed by atoms with E-state index in [0.29, 0.717) is 0 Å². The standard InChI is InChI=1S/C18H23NO/c1-4-15-9-11-16(12-10-15)20-18(14(3)19)17-8-6-5-7-13(17)2/h5-12,14,18H,4,19H2,1-3H3. The maximum atomic E-state index is 6.12. The Kier molecular flexibility index (Phi) is 4.80. The van der Waals surface area contributed by atoms with Crippen LogP contribution in [0.25, 0.3) is 0 Å². The summed E-state index contributed by atoms with van der Waals surface area (Å²) >= 11 is 0. The molecular weight excluding hydrogens is 246 g/mol. The molecule has 0 heterocycles. The molecule has 0 radical (unpaired) electrons. The Morgan fingerprint density at radius 3 is 2.25 bits per heavy atom. The maximum absolute atomic E-state index is 6.12. The average Bonchev–Trinajstić information content (AvgIpc) is 2.46. The van der Waals surface area contributed by atoms with E-state index in [1.54, 1.807) is 0 Å². The van der Waals surface area contributed by atoms with E-state index in [0.717, 1.165) is 17.7 Å². The quantitative estimate of drug-likeness (QED) is 0.889. The van der Waals surface area contributed by atoms with Gasteiger partial charge in [0.1, 0.15) is 11.9 Å². The highest BCUT2D eigenvalue weighted by Crippen LogP contribution is 2.26. The van der Waals surface area contributed by atoms with Gasteiger partial charge in [-0.15, -0.1) is 0 Å². The molecule has 0 saturated heterocycles. The first-order valence-corrected chi connectivity index (χ1v) is 7.18. The van der Waals surface area contributed by atoms with Gasteiger partial charge in [0.05, 0.1) is 0 Å². The summed E-state index contributed by atoms with van der Waals surface area (Å²) in [5.41, 5.74) is 9.79. The van der Waals surface area contributed by atoms with Gasteiger partial charge in [-0.3, -0.25) is 0 Å². The predicted molar refractivity (Wildman–Crippen MR) is 84.0 cm³/mol. The largest absolute Gasteiger partial charge is 0.484 e. The smallest absolute Gasteiger partial charge is 0.139 e. The van der Waals surface area contributed by atoms with Gasteiger partial charge in [-0.1, -0.05) is 43.3 Å². The first-order chi connectivity index (χ1) is 9.61. The number of aryl methyl sites for hydroxylation is 2. The van der Waals surface area contributed by atoms with Crippen molar-refractivity contribution in [2.75, 3.05) is 0 Å². The molecule has 2 atom stereocenters. The van der Waals surface area contributed by atoms with Gasteiger partial charge >= 0.3 is 0 Å². The van der Waals surface area contributed by atoms with E-state index in [1.807, 2.05) is 31.2 Å². The fourth-order valence-corrected chi connectivity index (χ4v) is 2.31. The lowest BCUT2D eigenvalue weighted by Crippen LogP contribution is -2.29. The molecule has 0 saturated carbocycles. The third kappa shape index (κ3) is 3.40. The highest BCUT2D eigenvalue weighted by atomic mass is 16.5. The third-order valence-electron chi connectivity index (χ3n) is 3.57. The second-order valence-corrected chi connectivity index (χ2v) is 5.25. The van der Waals surface area contributed by atoms with Crippen molar-refractivity contribution < 1.29 is 4.74 Å². The second-order valence-electron chi connectivity index (χ2n) is 5.25. The van der Waals surface area contributed by atoms with Crippen LogP contribution in [0.15, 0.2) is 48.5 Å². The number of rotatable bonds is 5. The summed E-state index contributed by atoms with van der Waals surface area (Å²) in [5, 5.41) is 0. The number of nitrogens with two attached hydrogens (primary N) is 1. The van der Waals surface area contributed by atoms with Crippen molar-refractivity contribution >= 4 is 0 Å². The monoisotopic (exact) mass is 269 g/mol. The molecular formula is C18H23NO. The minimum atomic E-state index is -0.122. The topological polar surface area (TPSA) is 35.2 Å². The SMILES string of the molecule is CCc1ccc(OC(c2ccccc2C)C(C)N)cc1. The fourth-order valence-electron chi connectivity index (χ4n) is 2.31. The normalized spacial score (nSPS) is 13.8. The molecule has 0 spiro atoms. The fraction of sp³-hybridized carbons (Fsp3) is 0.333. The van der Waals surface area contributed by atoms with E-state index >= 15 is 0 Å². The van der Waals surface area contributed by atoms with Crippen molar-refractivity contribution in [2.24, 2.45) is 5.73 Å². The van der Waals surface area contributed by atoms with Crippen LogP contribution in [0.3, 0.4) is 0 Å². The van der Waals surface area contributed by atoms with Crippen LogP contribution in [-0.2, 0) is 6.42 Å². The summed E-state index contributed by atoms with van der Waals surface area (Å²) in [6.45, 7) is 6.22. The Morgan fingerprint density at radius 1 is 1.05 bits per heavy atom. The zero-order chi connectivity index (χ0) is 14.5. The lowest BCUT2D eigenvalue weighted by molar-refractivity contribution is 0.179. The predicted octanol–water partition coefficient (Wildman–Crippen LogP) is 4.02. The lowest BCUT2D eigenvalue weighted by atomic mass is 9.99. The van der Waals surface area contributed by atoms with Crippen molar-refractivity contribution in [3.63, 3.8) is 0 Å². The van der Waals surface area contributed by atoms with Crippen molar-refractivity contribution in [1.82, 2.24) is 0 Å². The number of ether oxygens (including phenoxy) is 1. The van der Waals surface area contributed by atoms with Gasteiger partial charge in [-0.25, -0.2) is 0 Å². The van der Waals surface area contributed by atoms with Crippen LogP contribution in [-0.4, -0.2) is 6.04 Å². The molecule has 0 aliphatic rings. The summed E-state index contributed by atoms with van der Waals surface area (Å²) in [4.78, 5) is 0. The van der Waals surface area contributed by atoms with E-state index < -0.39 is 0 Å². The van der Waals surface area contributed by atoms with E-state index in [2.05, 4.69) is 38.1 Å². The first-order valence-electron chi connectivity index (χ1n) is 7.18. The van der Waals surface area contributed by atoms with Gasteiger partial charge < -0.3 is 10.5 Å². The molecule has 2 aromatic carbocycles. The molecule has 0 amide bonds. The number of benzene rings is 2. The molecule has 20 heavy (non-hydrogen) atoms. The zero-order valence-corrected chi connectivity index (χ0v) is 12.5.